The van der Waals surface area contributed by atoms with Crippen LogP contribution in [0.5, 0.6) is 0 Å². The van der Waals surface area contributed by atoms with Crippen molar-refractivity contribution in [1.29, 1.82) is 0 Å². The normalized spacial score (nSPS) is 10.8. The Morgan fingerprint density at radius 3 is 2.76 bits per heavy atom. The molecule has 0 saturated carbocycles. The van der Waals surface area contributed by atoms with Crippen LogP contribution in [-0.4, -0.2) is 47.2 Å². The second-order valence-electron chi connectivity index (χ2n) is 3.73. The number of nitrogens with one attached hydrogen (secondary N) is 2. The third-order valence-corrected chi connectivity index (χ3v) is 3.47. The maximum absolute atomic E-state index is 11.7. The summed E-state index contributed by atoms with van der Waals surface area (Å²) in [4.78, 5) is 14.0. The first kappa shape index (κ1) is 14.4. The first-order chi connectivity index (χ1) is 8.19. The van der Waals surface area contributed by atoms with Crippen molar-refractivity contribution in [2.24, 2.45) is 0 Å². The topological polar surface area (TPSA) is 61.0 Å². The van der Waals surface area contributed by atoms with Crippen molar-refractivity contribution in [2.75, 3.05) is 26.2 Å². The zero-order chi connectivity index (χ0) is 12.7. The molecular formula is C11H19IN4O. The molecule has 0 aliphatic rings. The molecule has 17 heavy (non-hydrogen) atoms. The molecule has 0 aromatic carbocycles. The molecule has 2 N–H and O–H groups in total. The van der Waals surface area contributed by atoms with Gasteiger partial charge in [0, 0.05) is 6.54 Å². The molecule has 1 heterocycles. The molecule has 1 amide bonds. The number of aromatic nitrogens is 2. The van der Waals surface area contributed by atoms with Crippen LogP contribution in [0.15, 0.2) is 6.20 Å². The Kier molecular flexibility index (Phi) is 6.49. The third kappa shape index (κ3) is 4.63. The SMILES string of the molecule is CCN(CC)CCCNC(=O)c1[nH]ncc1I. The Morgan fingerprint density at radius 1 is 1.53 bits per heavy atom. The van der Waals surface area contributed by atoms with E-state index < -0.39 is 0 Å². The molecule has 0 atom stereocenters. The van der Waals surface area contributed by atoms with Gasteiger partial charge in [0.05, 0.1) is 9.77 Å². The van der Waals surface area contributed by atoms with Crippen molar-refractivity contribution >= 4 is 28.5 Å². The van der Waals surface area contributed by atoms with Crippen LogP contribution < -0.4 is 5.32 Å². The van der Waals surface area contributed by atoms with E-state index in [9.17, 15) is 4.79 Å². The van der Waals surface area contributed by atoms with Crippen LogP contribution in [0, 0.1) is 3.57 Å². The monoisotopic (exact) mass is 350 g/mol. The van der Waals surface area contributed by atoms with Gasteiger partial charge in [-0.05, 0) is 48.6 Å². The van der Waals surface area contributed by atoms with E-state index in [1.165, 1.54) is 0 Å². The van der Waals surface area contributed by atoms with Crippen molar-refractivity contribution in [2.45, 2.75) is 20.3 Å². The van der Waals surface area contributed by atoms with E-state index in [0.29, 0.717) is 12.2 Å². The van der Waals surface area contributed by atoms with Gasteiger partial charge in [-0.2, -0.15) is 5.10 Å². The van der Waals surface area contributed by atoms with Gasteiger partial charge in [-0.1, -0.05) is 13.8 Å². The molecule has 6 heteroatoms. The number of nitrogens with zero attached hydrogens (tertiary/aromatic N) is 2. The molecule has 5 nitrogen and oxygen atoms in total. The van der Waals surface area contributed by atoms with Crippen molar-refractivity contribution < 1.29 is 4.79 Å². The van der Waals surface area contributed by atoms with Crippen molar-refractivity contribution in [3.8, 4) is 0 Å². The average molecular weight is 350 g/mol. The van der Waals surface area contributed by atoms with E-state index in [-0.39, 0.29) is 5.91 Å². The number of hydrogen-bond acceptors (Lipinski definition) is 3. The van der Waals surface area contributed by atoms with Crippen LogP contribution in [0.25, 0.3) is 0 Å². The minimum absolute atomic E-state index is 0.0774. The van der Waals surface area contributed by atoms with Crippen LogP contribution in [0.4, 0.5) is 0 Å². The Morgan fingerprint density at radius 2 is 2.24 bits per heavy atom. The van der Waals surface area contributed by atoms with Crippen LogP contribution in [0.2, 0.25) is 0 Å². The summed E-state index contributed by atoms with van der Waals surface area (Å²) in [5.41, 5.74) is 0.549. The zero-order valence-electron chi connectivity index (χ0n) is 10.3. The molecule has 1 aromatic rings. The fraction of sp³-hybridized carbons (Fsp3) is 0.636. The predicted molar refractivity (Wildman–Crippen MR) is 76.0 cm³/mol. The second-order valence-corrected chi connectivity index (χ2v) is 4.89. The van der Waals surface area contributed by atoms with Gasteiger partial charge < -0.3 is 10.2 Å². The zero-order valence-corrected chi connectivity index (χ0v) is 12.5. The number of rotatable bonds is 7. The lowest BCUT2D eigenvalue weighted by molar-refractivity contribution is 0.0946. The van der Waals surface area contributed by atoms with Crippen LogP contribution >= 0.6 is 22.6 Å². The standard InChI is InChI=1S/C11H19IN4O/c1-3-16(4-2)7-5-6-13-11(17)10-9(12)8-14-15-10/h8H,3-7H2,1-2H3,(H,13,17)(H,14,15). The Labute approximate surface area is 115 Å². The summed E-state index contributed by atoms with van der Waals surface area (Å²) in [6.45, 7) is 8.13. The molecule has 0 radical (unpaired) electrons. The number of H-pyrrole nitrogens is 1. The van der Waals surface area contributed by atoms with Gasteiger partial charge in [0.25, 0.3) is 5.91 Å². The van der Waals surface area contributed by atoms with Gasteiger partial charge in [-0.3, -0.25) is 9.89 Å². The molecule has 0 fully saturated rings. The van der Waals surface area contributed by atoms with Gasteiger partial charge in [-0.25, -0.2) is 0 Å². The quantitative estimate of drug-likeness (QED) is 0.579. The summed E-state index contributed by atoms with van der Waals surface area (Å²) in [6.07, 6.45) is 2.61. The average Bonchev–Trinajstić information content (AvgIpc) is 2.75. The number of carbonyl (C=O) groups excluding carboxylic acids is 1. The van der Waals surface area contributed by atoms with E-state index in [1.54, 1.807) is 6.20 Å². The predicted octanol–water partition coefficient (Wildman–Crippen LogP) is 1.48. The van der Waals surface area contributed by atoms with Gasteiger partial charge in [-0.15, -0.1) is 0 Å². The van der Waals surface area contributed by atoms with Gasteiger partial charge in [0.1, 0.15) is 5.69 Å². The molecule has 0 spiro atoms. The van der Waals surface area contributed by atoms with E-state index in [4.69, 9.17) is 0 Å². The Hall–Kier alpha value is -0.630. The van der Waals surface area contributed by atoms with E-state index in [1.807, 2.05) is 0 Å². The molecule has 0 unspecified atom stereocenters. The summed E-state index contributed by atoms with van der Waals surface area (Å²) in [6, 6.07) is 0. The molecule has 96 valence electrons. The van der Waals surface area contributed by atoms with E-state index in [2.05, 4.69) is 56.9 Å². The Bertz CT molecular complexity index is 349. The smallest absolute Gasteiger partial charge is 0.270 e. The molecule has 0 aliphatic carbocycles. The van der Waals surface area contributed by atoms with Gasteiger partial charge in [0.2, 0.25) is 0 Å². The highest BCUT2D eigenvalue weighted by molar-refractivity contribution is 14.1. The lowest BCUT2D eigenvalue weighted by Gasteiger charge is -2.17. The van der Waals surface area contributed by atoms with Crippen LogP contribution in [0.1, 0.15) is 30.8 Å². The first-order valence-corrected chi connectivity index (χ1v) is 6.96. The maximum Gasteiger partial charge on any atom is 0.270 e. The number of hydrogen-bond donors (Lipinski definition) is 2. The number of carbonyl (C=O) groups is 1. The summed E-state index contributed by atoms with van der Waals surface area (Å²) >= 11 is 2.09. The van der Waals surface area contributed by atoms with Crippen molar-refractivity contribution in [3.05, 3.63) is 15.5 Å². The van der Waals surface area contributed by atoms with Crippen LogP contribution in [0.3, 0.4) is 0 Å². The highest BCUT2D eigenvalue weighted by Crippen LogP contribution is 2.06. The summed E-state index contributed by atoms with van der Waals surface area (Å²) in [7, 11) is 0. The molecule has 1 rings (SSSR count). The second kappa shape index (κ2) is 7.65. The van der Waals surface area contributed by atoms with Crippen LogP contribution in [-0.2, 0) is 0 Å². The first-order valence-electron chi connectivity index (χ1n) is 5.88. The summed E-state index contributed by atoms with van der Waals surface area (Å²) in [5, 5.41) is 9.41. The van der Waals surface area contributed by atoms with E-state index >= 15 is 0 Å². The van der Waals surface area contributed by atoms with E-state index in [0.717, 1.165) is 29.6 Å². The minimum Gasteiger partial charge on any atom is -0.351 e. The molecule has 0 aliphatic heterocycles. The maximum atomic E-state index is 11.7. The van der Waals surface area contributed by atoms with Gasteiger partial charge >= 0.3 is 0 Å². The number of halogens is 1. The third-order valence-electron chi connectivity index (χ3n) is 2.65. The molecule has 1 aromatic heterocycles. The lowest BCUT2D eigenvalue weighted by atomic mass is 10.3. The highest BCUT2D eigenvalue weighted by Gasteiger charge is 2.10. The lowest BCUT2D eigenvalue weighted by Crippen LogP contribution is -2.30. The highest BCUT2D eigenvalue weighted by atomic mass is 127. The molecular weight excluding hydrogens is 331 g/mol. The fourth-order valence-corrected chi connectivity index (χ4v) is 2.07. The summed E-state index contributed by atoms with van der Waals surface area (Å²) in [5.74, 6) is -0.0774. The molecule has 0 bridgehead atoms. The fourth-order valence-electron chi connectivity index (χ4n) is 1.56. The molecule has 0 saturated heterocycles. The minimum atomic E-state index is -0.0774. The van der Waals surface area contributed by atoms with Crippen molar-refractivity contribution in [1.82, 2.24) is 20.4 Å². The van der Waals surface area contributed by atoms with Crippen molar-refractivity contribution in [3.63, 3.8) is 0 Å². The van der Waals surface area contributed by atoms with Gasteiger partial charge in [0.15, 0.2) is 0 Å². The number of amides is 1. The largest absolute Gasteiger partial charge is 0.351 e. The number of aromatic amines is 1. The summed E-state index contributed by atoms with van der Waals surface area (Å²) < 4.78 is 0.851. The Balaban J connectivity index is 2.23.